The van der Waals surface area contributed by atoms with Crippen LogP contribution >= 0.6 is 0 Å². The fourth-order valence-corrected chi connectivity index (χ4v) is 2.80. The normalized spacial score (nSPS) is 11.1. The molecule has 0 aliphatic heterocycles. The van der Waals surface area contributed by atoms with Crippen molar-refractivity contribution in [3.05, 3.63) is 29.8 Å². The predicted molar refractivity (Wildman–Crippen MR) is 77.9 cm³/mol. The Morgan fingerprint density at radius 1 is 1.35 bits per heavy atom. The van der Waals surface area contributed by atoms with Crippen LogP contribution in [-0.4, -0.2) is 34.3 Å². The topological polar surface area (TPSA) is 84.5 Å². The van der Waals surface area contributed by atoms with Crippen LogP contribution in [0.5, 0.6) is 0 Å². The van der Waals surface area contributed by atoms with E-state index in [1.54, 1.807) is 18.2 Å². The molecule has 0 saturated heterocycles. The van der Waals surface area contributed by atoms with Crippen molar-refractivity contribution in [3.8, 4) is 0 Å². The molecule has 0 radical (unpaired) electrons. The van der Waals surface area contributed by atoms with Gasteiger partial charge >= 0.3 is 5.97 Å². The van der Waals surface area contributed by atoms with E-state index in [0.717, 1.165) is 5.56 Å². The summed E-state index contributed by atoms with van der Waals surface area (Å²) < 4.78 is 30.7. The Bertz CT molecular complexity index is 543. The minimum absolute atomic E-state index is 0.0944. The summed E-state index contributed by atoms with van der Waals surface area (Å²) >= 11 is 0. The molecule has 1 rings (SSSR count). The van der Waals surface area contributed by atoms with E-state index >= 15 is 0 Å². The van der Waals surface area contributed by atoms with Crippen molar-refractivity contribution in [2.75, 3.05) is 24.6 Å². The number of hydrogen-bond donors (Lipinski definition) is 2. The quantitative estimate of drug-likeness (QED) is 0.702. The number of rotatable bonds is 8. The average molecular weight is 300 g/mol. The van der Waals surface area contributed by atoms with E-state index in [-0.39, 0.29) is 18.6 Å². The first-order valence-electron chi connectivity index (χ1n) is 6.27. The maximum Gasteiger partial charge on any atom is 0.305 e. The van der Waals surface area contributed by atoms with E-state index in [9.17, 15) is 13.2 Å². The molecule has 0 aliphatic carbocycles. The largest absolute Gasteiger partial charge is 0.469 e. The fraction of sp³-hybridized carbons (Fsp3) is 0.462. The minimum atomic E-state index is -3.45. The number of nitrogens with one attached hydrogen (secondary N) is 2. The van der Waals surface area contributed by atoms with Crippen LogP contribution in [0.4, 0.5) is 5.69 Å². The maximum absolute atomic E-state index is 11.9. The number of benzene rings is 1. The summed E-state index contributed by atoms with van der Waals surface area (Å²) in [5.41, 5.74) is 1.51. The third-order valence-electron chi connectivity index (χ3n) is 2.60. The van der Waals surface area contributed by atoms with Crippen molar-refractivity contribution in [3.63, 3.8) is 0 Å². The van der Waals surface area contributed by atoms with Gasteiger partial charge in [0, 0.05) is 18.7 Å². The Hall–Kier alpha value is -1.60. The van der Waals surface area contributed by atoms with Gasteiger partial charge < -0.3 is 10.1 Å². The summed E-state index contributed by atoms with van der Waals surface area (Å²) in [6, 6.07) is 7.16. The molecule has 1 aromatic carbocycles. The Labute approximate surface area is 119 Å². The predicted octanol–water partition coefficient (Wildman–Crippen LogP) is 1.10. The van der Waals surface area contributed by atoms with Gasteiger partial charge in [0.15, 0.2) is 0 Å². The van der Waals surface area contributed by atoms with Gasteiger partial charge in [-0.25, -0.2) is 8.42 Å². The second-order valence-corrected chi connectivity index (χ2v) is 6.17. The first-order chi connectivity index (χ1) is 9.46. The van der Waals surface area contributed by atoms with E-state index in [1.165, 1.54) is 7.11 Å². The van der Waals surface area contributed by atoms with E-state index in [0.29, 0.717) is 12.2 Å². The highest BCUT2D eigenvalue weighted by atomic mass is 32.2. The number of hydrogen-bond acceptors (Lipinski definition) is 5. The van der Waals surface area contributed by atoms with Crippen LogP contribution in [-0.2, 0) is 26.1 Å². The van der Waals surface area contributed by atoms with Gasteiger partial charge in [0.2, 0.25) is 10.0 Å². The molecule has 0 amide bonds. The van der Waals surface area contributed by atoms with Crippen LogP contribution in [0, 0.1) is 0 Å². The maximum atomic E-state index is 11.9. The van der Waals surface area contributed by atoms with Crippen molar-refractivity contribution >= 4 is 21.7 Å². The summed E-state index contributed by atoms with van der Waals surface area (Å²) in [4.78, 5) is 10.9. The number of esters is 1. The number of anilines is 1. The van der Waals surface area contributed by atoms with Crippen LogP contribution in [0.15, 0.2) is 24.3 Å². The molecule has 1 aromatic rings. The number of ether oxygens (including phenoxy) is 1. The first kappa shape index (κ1) is 16.5. The average Bonchev–Trinajstić information content (AvgIpc) is 2.38. The van der Waals surface area contributed by atoms with Gasteiger partial charge in [-0.3, -0.25) is 9.52 Å². The molecule has 112 valence electrons. The van der Waals surface area contributed by atoms with E-state index in [2.05, 4.69) is 14.8 Å². The molecule has 0 aliphatic rings. The SMILES string of the molecule is CNCc1cccc(NS(=O)(=O)CCCC(=O)OC)c1. The number of methoxy groups -OCH3 is 1. The van der Waals surface area contributed by atoms with Gasteiger partial charge in [0.1, 0.15) is 0 Å². The highest BCUT2D eigenvalue weighted by Crippen LogP contribution is 2.13. The summed E-state index contributed by atoms with van der Waals surface area (Å²) in [7, 11) is -0.345. The summed E-state index contributed by atoms with van der Waals surface area (Å²) in [6.45, 7) is 0.665. The number of sulfonamides is 1. The fourth-order valence-electron chi connectivity index (χ4n) is 1.69. The summed E-state index contributed by atoms with van der Waals surface area (Å²) in [5, 5.41) is 3.00. The van der Waals surface area contributed by atoms with Gasteiger partial charge in [0.05, 0.1) is 12.9 Å². The molecule has 0 fully saturated rings. The van der Waals surface area contributed by atoms with Gasteiger partial charge in [-0.15, -0.1) is 0 Å². The van der Waals surface area contributed by atoms with Gasteiger partial charge in [-0.1, -0.05) is 12.1 Å². The Morgan fingerprint density at radius 2 is 2.10 bits per heavy atom. The Balaban J connectivity index is 2.57. The molecule has 2 N–H and O–H groups in total. The number of carbonyl (C=O) groups excluding carboxylic acids is 1. The van der Waals surface area contributed by atoms with Gasteiger partial charge in [-0.05, 0) is 31.2 Å². The molecule has 0 heterocycles. The third-order valence-corrected chi connectivity index (χ3v) is 3.98. The van der Waals surface area contributed by atoms with Crippen molar-refractivity contribution in [2.24, 2.45) is 0 Å². The number of carbonyl (C=O) groups is 1. The monoisotopic (exact) mass is 300 g/mol. The van der Waals surface area contributed by atoms with Gasteiger partial charge in [-0.2, -0.15) is 0 Å². The van der Waals surface area contributed by atoms with Gasteiger partial charge in [0.25, 0.3) is 0 Å². The zero-order valence-electron chi connectivity index (χ0n) is 11.7. The van der Waals surface area contributed by atoms with Crippen molar-refractivity contribution in [1.82, 2.24) is 5.32 Å². The van der Waals surface area contributed by atoms with Crippen molar-refractivity contribution < 1.29 is 17.9 Å². The molecule has 0 spiro atoms. The zero-order valence-corrected chi connectivity index (χ0v) is 12.5. The minimum Gasteiger partial charge on any atom is -0.469 e. The molecule has 0 unspecified atom stereocenters. The molecule has 6 nitrogen and oxygen atoms in total. The van der Waals surface area contributed by atoms with Crippen LogP contribution in [0.25, 0.3) is 0 Å². The van der Waals surface area contributed by atoms with Crippen LogP contribution in [0.2, 0.25) is 0 Å². The van der Waals surface area contributed by atoms with Crippen LogP contribution < -0.4 is 10.0 Å². The summed E-state index contributed by atoms with van der Waals surface area (Å²) in [6.07, 6.45) is 0.329. The molecule has 0 aromatic heterocycles. The zero-order chi connectivity index (χ0) is 15.0. The lowest BCUT2D eigenvalue weighted by atomic mass is 10.2. The van der Waals surface area contributed by atoms with Crippen LogP contribution in [0.1, 0.15) is 18.4 Å². The molecule has 0 atom stereocenters. The van der Waals surface area contributed by atoms with E-state index in [1.807, 2.05) is 13.1 Å². The highest BCUT2D eigenvalue weighted by molar-refractivity contribution is 7.92. The van der Waals surface area contributed by atoms with E-state index in [4.69, 9.17) is 0 Å². The molecular formula is C13H20N2O4S. The lowest BCUT2D eigenvalue weighted by Crippen LogP contribution is -2.18. The van der Waals surface area contributed by atoms with Crippen LogP contribution in [0.3, 0.4) is 0 Å². The molecule has 20 heavy (non-hydrogen) atoms. The summed E-state index contributed by atoms with van der Waals surface area (Å²) in [5.74, 6) is -0.519. The smallest absolute Gasteiger partial charge is 0.305 e. The highest BCUT2D eigenvalue weighted by Gasteiger charge is 2.12. The van der Waals surface area contributed by atoms with Crippen molar-refractivity contribution in [2.45, 2.75) is 19.4 Å². The second-order valence-electron chi connectivity index (χ2n) is 4.33. The molecular weight excluding hydrogens is 280 g/mol. The van der Waals surface area contributed by atoms with E-state index < -0.39 is 16.0 Å². The van der Waals surface area contributed by atoms with Crippen molar-refractivity contribution in [1.29, 1.82) is 0 Å². The molecule has 7 heteroatoms. The Morgan fingerprint density at radius 3 is 2.75 bits per heavy atom. The first-order valence-corrected chi connectivity index (χ1v) is 7.93. The standard InChI is InChI=1S/C13H20N2O4S/c1-14-10-11-5-3-6-12(9-11)15-20(17,18)8-4-7-13(16)19-2/h3,5-6,9,14-15H,4,7-8,10H2,1-2H3. The lowest BCUT2D eigenvalue weighted by Gasteiger charge is -2.09. The lowest BCUT2D eigenvalue weighted by molar-refractivity contribution is -0.140. The third kappa shape index (κ3) is 6.03. The second kappa shape index (κ2) is 7.86. The Kier molecular flexibility index (Phi) is 6.47. The molecule has 0 bridgehead atoms. The molecule has 0 saturated carbocycles.